The first-order chi connectivity index (χ1) is 25.8. The summed E-state index contributed by atoms with van der Waals surface area (Å²) in [5, 5.41) is 0.613. The number of fused-ring (bicyclic) bond motifs is 8. The van der Waals surface area contributed by atoms with E-state index in [2.05, 4.69) is 171 Å². The normalized spacial score (nSPS) is 12.5. The minimum atomic E-state index is 0.613. The average Bonchev–Trinajstić information content (AvgIpc) is 3.94. The van der Waals surface area contributed by atoms with Crippen LogP contribution in [0, 0.1) is 27.7 Å². The second-order valence-electron chi connectivity index (χ2n) is 13.9. The van der Waals surface area contributed by atoms with Gasteiger partial charge in [-0.25, -0.2) is 9.97 Å². The van der Waals surface area contributed by atoms with Crippen molar-refractivity contribution >= 4 is 56.4 Å². The van der Waals surface area contributed by atoms with Crippen molar-refractivity contribution in [3.05, 3.63) is 178 Å². The number of nitrogens with zero attached hydrogens (tertiary/aromatic N) is 2. The molecule has 7 aromatic rings. The molecular weight excluding hydrogens is 668 g/mol. The smallest absolute Gasteiger partial charge is 0.0851 e. The predicted molar refractivity (Wildman–Crippen MR) is 223 cm³/mol. The molecule has 3 aromatic heterocycles. The van der Waals surface area contributed by atoms with Crippen molar-refractivity contribution in [3.63, 3.8) is 0 Å². The molecule has 2 aliphatic rings. The molecule has 8 bridgehead atoms. The minimum Gasteiger partial charge on any atom is -0.355 e. The average molecular weight is 705 g/mol. The monoisotopic (exact) mass is 704 g/mol. The first-order valence-corrected chi connectivity index (χ1v) is 18.3. The summed E-state index contributed by atoms with van der Waals surface area (Å²) in [6.45, 7) is 8.68. The van der Waals surface area contributed by atoms with Crippen LogP contribution in [0.1, 0.15) is 50.6 Å². The number of rotatable bonds is 4. The van der Waals surface area contributed by atoms with Gasteiger partial charge in [-0.05, 0) is 115 Å². The zero-order valence-electron chi connectivity index (χ0n) is 30.1. The van der Waals surface area contributed by atoms with Gasteiger partial charge >= 0.3 is 0 Å². The fraction of sp³-hybridized carbons (Fsp3) is 0.0833. The highest BCUT2D eigenvalue weighted by Gasteiger charge is 2.29. The number of hydrogen-bond acceptors (Lipinski definition) is 2. The van der Waals surface area contributed by atoms with Crippen LogP contribution in [0.3, 0.4) is 0 Å². The van der Waals surface area contributed by atoms with E-state index in [1.807, 2.05) is 6.07 Å². The van der Waals surface area contributed by atoms with Crippen LogP contribution in [0.5, 0.6) is 0 Å². The molecule has 2 N–H and O–H groups in total. The number of aromatic amines is 2. The fourth-order valence-electron chi connectivity index (χ4n) is 7.75. The third-order valence-electron chi connectivity index (χ3n) is 10.4. The minimum absolute atomic E-state index is 0.613. The van der Waals surface area contributed by atoms with E-state index in [1.54, 1.807) is 0 Å². The summed E-state index contributed by atoms with van der Waals surface area (Å²) >= 11 is 7.56. The number of aryl methyl sites for hydroxylation is 4. The molecule has 256 valence electrons. The fourth-order valence-corrected chi connectivity index (χ4v) is 8.03. The zero-order chi connectivity index (χ0) is 36.2. The van der Waals surface area contributed by atoms with Gasteiger partial charge in [-0.15, -0.1) is 0 Å². The molecule has 0 fully saturated rings. The van der Waals surface area contributed by atoms with Gasteiger partial charge in [0.1, 0.15) is 0 Å². The Morgan fingerprint density at radius 2 is 0.962 bits per heavy atom. The number of halogens is 1. The summed E-state index contributed by atoms with van der Waals surface area (Å²) in [6, 6.07) is 44.7. The summed E-state index contributed by atoms with van der Waals surface area (Å²) in [4.78, 5) is 18.1. The number of hydrogen-bond donors (Lipinski definition) is 2. The maximum atomic E-state index is 7.56. The summed E-state index contributed by atoms with van der Waals surface area (Å²) in [6.07, 6.45) is 4.15. The molecule has 5 heteroatoms. The third-order valence-corrected chi connectivity index (χ3v) is 10.8. The van der Waals surface area contributed by atoms with Crippen LogP contribution in [0.15, 0.2) is 127 Å². The largest absolute Gasteiger partial charge is 0.355 e. The first-order valence-electron chi connectivity index (χ1n) is 17.9. The lowest BCUT2D eigenvalue weighted by molar-refractivity contribution is 1.29. The Labute approximate surface area is 314 Å². The van der Waals surface area contributed by atoms with Gasteiger partial charge in [0, 0.05) is 38.8 Å². The Kier molecular flexibility index (Phi) is 8.06. The number of aromatic nitrogens is 4. The lowest BCUT2D eigenvalue weighted by Crippen LogP contribution is -1.96. The highest BCUT2D eigenvalue weighted by molar-refractivity contribution is 6.54. The molecule has 5 heterocycles. The Morgan fingerprint density at radius 3 is 1.55 bits per heavy atom. The first kappa shape index (κ1) is 32.7. The Hall–Kier alpha value is -6.23. The van der Waals surface area contributed by atoms with Gasteiger partial charge in [-0.1, -0.05) is 109 Å². The summed E-state index contributed by atoms with van der Waals surface area (Å²) in [7, 11) is 0. The second kappa shape index (κ2) is 13.1. The van der Waals surface area contributed by atoms with E-state index in [0.29, 0.717) is 10.7 Å². The van der Waals surface area contributed by atoms with Gasteiger partial charge < -0.3 is 9.97 Å². The molecule has 0 atom stereocenters. The summed E-state index contributed by atoms with van der Waals surface area (Å²) in [5.74, 6) is 0. The summed E-state index contributed by atoms with van der Waals surface area (Å²) in [5.41, 5.74) is 20.2. The van der Waals surface area contributed by atoms with Crippen LogP contribution >= 0.6 is 11.6 Å². The molecule has 0 spiro atoms. The van der Waals surface area contributed by atoms with Crippen molar-refractivity contribution in [2.24, 2.45) is 0 Å². The van der Waals surface area contributed by atoms with Crippen LogP contribution in [0.2, 0.25) is 0 Å². The van der Waals surface area contributed by atoms with Gasteiger partial charge in [0.2, 0.25) is 0 Å². The van der Waals surface area contributed by atoms with Crippen molar-refractivity contribution in [2.45, 2.75) is 27.7 Å². The van der Waals surface area contributed by atoms with Crippen LogP contribution in [0.25, 0.3) is 78.2 Å². The van der Waals surface area contributed by atoms with Gasteiger partial charge in [0.25, 0.3) is 0 Å². The van der Waals surface area contributed by atoms with Gasteiger partial charge in [-0.2, -0.15) is 0 Å². The van der Waals surface area contributed by atoms with Crippen LogP contribution < -0.4 is 0 Å². The summed E-state index contributed by atoms with van der Waals surface area (Å²) < 4.78 is 0. The maximum Gasteiger partial charge on any atom is 0.0851 e. The quantitative estimate of drug-likeness (QED) is 0.192. The molecule has 4 aromatic carbocycles. The highest BCUT2D eigenvalue weighted by atomic mass is 35.5. The molecular formula is C48H37ClN4. The molecule has 2 aliphatic heterocycles. The molecule has 0 radical (unpaired) electrons. The number of H-pyrrole nitrogens is 2. The zero-order valence-corrected chi connectivity index (χ0v) is 30.8. The second-order valence-corrected chi connectivity index (χ2v) is 14.3. The molecule has 4 nitrogen and oxygen atoms in total. The van der Waals surface area contributed by atoms with Crippen LogP contribution in [-0.2, 0) is 0 Å². The van der Waals surface area contributed by atoms with Crippen molar-refractivity contribution in [1.82, 2.24) is 19.9 Å². The highest BCUT2D eigenvalue weighted by Crippen LogP contribution is 2.49. The molecule has 0 amide bonds. The third kappa shape index (κ3) is 5.72. The molecule has 53 heavy (non-hydrogen) atoms. The van der Waals surface area contributed by atoms with E-state index in [-0.39, 0.29) is 0 Å². The van der Waals surface area contributed by atoms with Crippen LogP contribution in [-0.4, -0.2) is 19.9 Å². The molecule has 9 rings (SSSR count). The van der Waals surface area contributed by atoms with Gasteiger partial charge in [0.15, 0.2) is 0 Å². The predicted octanol–water partition coefficient (Wildman–Crippen LogP) is 12.9. The number of nitrogens with one attached hydrogen (secondary N) is 2. The van der Waals surface area contributed by atoms with E-state index >= 15 is 0 Å². The molecule has 0 saturated carbocycles. The van der Waals surface area contributed by atoms with Crippen LogP contribution in [0.4, 0.5) is 0 Å². The van der Waals surface area contributed by atoms with Crippen molar-refractivity contribution in [1.29, 1.82) is 0 Å². The Bertz CT molecular complexity index is 2850. The van der Waals surface area contributed by atoms with Crippen molar-refractivity contribution < 1.29 is 0 Å². The van der Waals surface area contributed by atoms with Gasteiger partial charge in [-0.3, -0.25) is 0 Å². The SMILES string of the molecule is Cc1ccccc1C1=C(Cl)c2cc3ccc(cc4nc(cc5[nH]c(c(-c6ccccc6C)c1n2)c(-c1ccccc1C)c5-c1ccccc1C)C=C4)[nH]3. The molecule has 0 saturated heterocycles. The molecule has 0 aliphatic carbocycles. The standard InChI is InChI=1S/C48H37ClN4/c1-28-13-5-9-17-36(28)42-40-26-34-23-21-32(50-34)25-33-22-24-35(51-33)27-41-46(49)44(38-19-11-7-15-30(38)3)48(53-41)45(39-20-12-8-16-31(39)4)47(52-40)43(42)37-18-10-6-14-29(37)2/h5-27,51-52H,1-4H3. The van der Waals surface area contributed by atoms with Gasteiger partial charge in [0.05, 0.1) is 33.3 Å². The maximum absolute atomic E-state index is 7.56. The van der Waals surface area contributed by atoms with E-state index in [9.17, 15) is 0 Å². The van der Waals surface area contributed by atoms with Crippen molar-refractivity contribution in [3.8, 4) is 33.4 Å². The number of benzene rings is 4. The van der Waals surface area contributed by atoms with E-state index in [1.165, 1.54) is 11.1 Å². The van der Waals surface area contributed by atoms with E-state index in [0.717, 1.165) is 94.8 Å². The lowest BCUT2D eigenvalue weighted by atomic mass is 9.87. The van der Waals surface area contributed by atoms with Crippen molar-refractivity contribution in [2.75, 3.05) is 0 Å². The van der Waals surface area contributed by atoms with E-state index in [4.69, 9.17) is 21.6 Å². The lowest BCUT2D eigenvalue weighted by Gasteiger charge is -2.16. The Morgan fingerprint density at radius 1 is 0.472 bits per heavy atom. The Balaban J connectivity index is 1.60. The molecule has 0 unspecified atom stereocenters. The topological polar surface area (TPSA) is 57.4 Å². The van der Waals surface area contributed by atoms with E-state index < -0.39 is 0 Å².